The number of rotatable bonds is 8. The van der Waals surface area contributed by atoms with Crippen LogP contribution in [-0.4, -0.2) is 18.1 Å². The van der Waals surface area contributed by atoms with Crippen LogP contribution in [0.2, 0.25) is 0 Å². The number of pyridine rings is 1. The van der Waals surface area contributed by atoms with Crippen LogP contribution >= 0.6 is 0 Å². The van der Waals surface area contributed by atoms with Gasteiger partial charge in [0.15, 0.2) is 11.5 Å². The van der Waals surface area contributed by atoms with E-state index in [-0.39, 0.29) is 0 Å². The highest BCUT2D eigenvalue weighted by molar-refractivity contribution is 5.40. The average Bonchev–Trinajstić information content (AvgIpc) is 2.53. The third-order valence-corrected chi connectivity index (χ3v) is 2.92. The summed E-state index contributed by atoms with van der Waals surface area (Å²) in [6.07, 6.45) is 2.92. The maximum atomic E-state index is 5.81. The number of hydrogen-bond acceptors (Lipinski definition) is 4. The molecule has 0 atom stereocenters. The van der Waals surface area contributed by atoms with Crippen molar-refractivity contribution in [3.8, 4) is 11.5 Å². The Morgan fingerprint density at radius 3 is 2.38 bits per heavy atom. The number of ether oxygens (including phenoxy) is 2. The monoisotopic (exact) mass is 286 g/mol. The Kier molecular flexibility index (Phi) is 5.88. The third-order valence-electron chi connectivity index (χ3n) is 2.92. The zero-order chi connectivity index (χ0) is 14.9. The Bertz CT molecular complexity index is 541. The van der Waals surface area contributed by atoms with Crippen LogP contribution in [0.1, 0.15) is 25.8 Å². The molecule has 0 radical (unpaired) electrons. The SMILES string of the molecule is CCCNc1ccc(COc2ccccc2OCC)cn1. The predicted octanol–water partition coefficient (Wildman–Crippen LogP) is 3.88. The number of anilines is 1. The molecule has 1 aromatic heterocycles. The molecule has 0 unspecified atom stereocenters. The van der Waals surface area contributed by atoms with Crippen molar-refractivity contribution in [2.24, 2.45) is 0 Å². The van der Waals surface area contributed by atoms with Crippen LogP contribution in [0.4, 0.5) is 5.82 Å². The second kappa shape index (κ2) is 8.15. The van der Waals surface area contributed by atoms with Gasteiger partial charge in [-0.15, -0.1) is 0 Å². The summed E-state index contributed by atoms with van der Waals surface area (Å²) in [5.41, 5.74) is 1.03. The Balaban J connectivity index is 1.93. The fourth-order valence-corrected chi connectivity index (χ4v) is 1.87. The highest BCUT2D eigenvalue weighted by Gasteiger charge is 2.04. The average molecular weight is 286 g/mol. The summed E-state index contributed by atoms with van der Waals surface area (Å²) in [4.78, 5) is 4.36. The molecule has 2 rings (SSSR count). The quantitative estimate of drug-likeness (QED) is 0.799. The zero-order valence-electron chi connectivity index (χ0n) is 12.6. The molecule has 0 fully saturated rings. The molecule has 0 aliphatic rings. The molecule has 21 heavy (non-hydrogen) atoms. The van der Waals surface area contributed by atoms with Crippen LogP contribution in [0.3, 0.4) is 0 Å². The molecule has 0 aliphatic heterocycles. The number of hydrogen-bond donors (Lipinski definition) is 1. The Morgan fingerprint density at radius 2 is 1.76 bits per heavy atom. The first kappa shape index (κ1) is 15.2. The van der Waals surface area contributed by atoms with Gasteiger partial charge in [-0.2, -0.15) is 0 Å². The fraction of sp³-hybridized carbons (Fsp3) is 0.353. The van der Waals surface area contributed by atoms with Gasteiger partial charge >= 0.3 is 0 Å². The van der Waals surface area contributed by atoms with E-state index in [1.807, 2.05) is 49.5 Å². The van der Waals surface area contributed by atoms with Crippen molar-refractivity contribution in [3.05, 3.63) is 48.2 Å². The van der Waals surface area contributed by atoms with Crippen molar-refractivity contribution < 1.29 is 9.47 Å². The number of nitrogens with one attached hydrogen (secondary N) is 1. The smallest absolute Gasteiger partial charge is 0.161 e. The number of para-hydroxylation sites is 2. The van der Waals surface area contributed by atoms with Gasteiger partial charge in [0, 0.05) is 18.3 Å². The van der Waals surface area contributed by atoms with Gasteiger partial charge < -0.3 is 14.8 Å². The van der Waals surface area contributed by atoms with Crippen LogP contribution in [0.5, 0.6) is 11.5 Å². The fourth-order valence-electron chi connectivity index (χ4n) is 1.87. The molecule has 0 saturated carbocycles. The van der Waals surface area contributed by atoms with Crippen LogP contribution in [0, 0.1) is 0 Å². The molecular weight excluding hydrogens is 264 g/mol. The van der Waals surface area contributed by atoms with Gasteiger partial charge in [0.2, 0.25) is 0 Å². The minimum Gasteiger partial charge on any atom is -0.490 e. The van der Waals surface area contributed by atoms with Gasteiger partial charge in [-0.3, -0.25) is 0 Å². The van der Waals surface area contributed by atoms with Gasteiger partial charge in [-0.1, -0.05) is 25.1 Å². The topological polar surface area (TPSA) is 43.4 Å². The summed E-state index contributed by atoms with van der Waals surface area (Å²) < 4.78 is 11.3. The summed E-state index contributed by atoms with van der Waals surface area (Å²) in [5, 5.41) is 3.25. The normalized spacial score (nSPS) is 10.2. The molecule has 0 spiro atoms. The van der Waals surface area contributed by atoms with Crippen LogP contribution in [0.25, 0.3) is 0 Å². The van der Waals surface area contributed by atoms with E-state index in [4.69, 9.17) is 9.47 Å². The van der Waals surface area contributed by atoms with Gasteiger partial charge in [0.25, 0.3) is 0 Å². The van der Waals surface area contributed by atoms with Gasteiger partial charge in [-0.25, -0.2) is 4.98 Å². The largest absolute Gasteiger partial charge is 0.490 e. The minimum atomic E-state index is 0.477. The molecule has 4 nitrogen and oxygen atoms in total. The summed E-state index contributed by atoms with van der Waals surface area (Å²) in [6.45, 7) is 6.13. The molecule has 1 N–H and O–H groups in total. The Hall–Kier alpha value is -2.23. The van der Waals surface area contributed by atoms with Crippen molar-refractivity contribution >= 4 is 5.82 Å². The maximum Gasteiger partial charge on any atom is 0.161 e. The van der Waals surface area contributed by atoms with Crippen molar-refractivity contribution in [2.75, 3.05) is 18.5 Å². The molecule has 1 heterocycles. The molecule has 0 saturated heterocycles. The molecule has 0 aliphatic carbocycles. The number of nitrogens with zero attached hydrogens (tertiary/aromatic N) is 1. The van der Waals surface area contributed by atoms with E-state index in [0.717, 1.165) is 35.8 Å². The highest BCUT2D eigenvalue weighted by Crippen LogP contribution is 2.27. The lowest BCUT2D eigenvalue weighted by Crippen LogP contribution is -2.03. The van der Waals surface area contributed by atoms with Crippen molar-refractivity contribution in [3.63, 3.8) is 0 Å². The first-order valence-corrected chi connectivity index (χ1v) is 7.37. The summed E-state index contributed by atoms with van der Waals surface area (Å²) >= 11 is 0. The molecule has 0 amide bonds. The second-order valence-electron chi connectivity index (χ2n) is 4.65. The van der Waals surface area contributed by atoms with E-state index in [0.29, 0.717) is 13.2 Å². The third kappa shape index (κ3) is 4.67. The molecule has 112 valence electrons. The lowest BCUT2D eigenvalue weighted by molar-refractivity contribution is 0.269. The van der Waals surface area contributed by atoms with E-state index in [1.54, 1.807) is 0 Å². The summed E-state index contributed by atoms with van der Waals surface area (Å²) in [7, 11) is 0. The molecule has 4 heteroatoms. The standard InChI is InChI=1S/C17H22N2O2/c1-3-11-18-17-10-9-14(12-19-17)13-21-16-8-6-5-7-15(16)20-4-2/h5-10,12H,3-4,11,13H2,1-2H3,(H,18,19). The van der Waals surface area contributed by atoms with Gasteiger partial charge in [0.1, 0.15) is 12.4 Å². The first-order valence-electron chi connectivity index (χ1n) is 7.37. The molecule has 0 bridgehead atoms. The lowest BCUT2D eigenvalue weighted by atomic mass is 10.3. The molecule has 2 aromatic rings. The van der Waals surface area contributed by atoms with E-state index in [1.165, 1.54) is 0 Å². The minimum absolute atomic E-state index is 0.477. The summed E-state index contributed by atoms with van der Waals surface area (Å²) in [6, 6.07) is 11.7. The van der Waals surface area contributed by atoms with E-state index < -0.39 is 0 Å². The predicted molar refractivity (Wildman–Crippen MR) is 85.0 cm³/mol. The van der Waals surface area contributed by atoms with Crippen molar-refractivity contribution in [2.45, 2.75) is 26.9 Å². The zero-order valence-corrected chi connectivity index (χ0v) is 12.6. The summed E-state index contributed by atoms with van der Waals surface area (Å²) in [5.74, 6) is 2.43. The van der Waals surface area contributed by atoms with Crippen molar-refractivity contribution in [1.29, 1.82) is 0 Å². The van der Waals surface area contributed by atoms with E-state index >= 15 is 0 Å². The van der Waals surface area contributed by atoms with Crippen LogP contribution in [-0.2, 0) is 6.61 Å². The van der Waals surface area contributed by atoms with Gasteiger partial charge in [-0.05, 0) is 31.5 Å². The number of benzene rings is 1. The lowest BCUT2D eigenvalue weighted by Gasteiger charge is -2.11. The molecule has 1 aromatic carbocycles. The van der Waals surface area contributed by atoms with Crippen LogP contribution < -0.4 is 14.8 Å². The number of aromatic nitrogens is 1. The molecular formula is C17H22N2O2. The maximum absolute atomic E-state index is 5.81. The van der Waals surface area contributed by atoms with E-state index in [2.05, 4.69) is 17.2 Å². The van der Waals surface area contributed by atoms with E-state index in [9.17, 15) is 0 Å². The second-order valence-corrected chi connectivity index (χ2v) is 4.65. The van der Waals surface area contributed by atoms with Gasteiger partial charge in [0.05, 0.1) is 6.61 Å². The highest BCUT2D eigenvalue weighted by atomic mass is 16.5. The Labute approximate surface area is 126 Å². The Morgan fingerprint density at radius 1 is 1.00 bits per heavy atom. The van der Waals surface area contributed by atoms with Crippen LogP contribution in [0.15, 0.2) is 42.6 Å². The van der Waals surface area contributed by atoms with Crippen molar-refractivity contribution in [1.82, 2.24) is 4.98 Å². The first-order chi connectivity index (χ1) is 10.3.